The Kier molecular flexibility index (Phi) is 4.47. The number of aromatic amines is 1. The van der Waals surface area contributed by atoms with Crippen molar-refractivity contribution in [3.63, 3.8) is 0 Å². The Balaban J connectivity index is 1.35. The van der Waals surface area contributed by atoms with Gasteiger partial charge in [0.05, 0.1) is 11.0 Å². The molecule has 3 aromatic rings. The fraction of sp³-hybridized carbons (Fsp3) is 0.350. The van der Waals surface area contributed by atoms with Crippen LogP contribution in [-0.4, -0.2) is 41.1 Å². The van der Waals surface area contributed by atoms with Crippen molar-refractivity contribution in [2.24, 2.45) is 0 Å². The van der Waals surface area contributed by atoms with E-state index < -0.39 is 0 Å². The molecule has 0 radical (unpaired) electrons. The van der Waals surface area contributed by atoms with E-state index in [1.165, 1.54) is 12.8 Å². The number of nitrogens with zero attached hydrogens (tertiary/aromatic N) is 2. The lowest BCUT2D eigenvalue weighted by atomic mass is 9.97. The van der Waals surface area contributed by atoms with Gasteiger partial charge in [-0.05, 0) is 43.7 Å². The number of imidazole rings is 1. The van der Waals surface area contributed by atoms with Gasteiger partial charge < -0.3 is 9.72 Å². The number of benzene rings is 2. The van der Waals surface area contributed by atoms with Crippen LogP contribution in [-0.2, 0) is 0 Å². The van der Waals surface area contributed by atoms with E-state index in [1.54, 1.807) is 0 Å². The largest absolute Gasteiger partial charge is 0.492 e. The van der Waals surface area contributed by atoms with E-state index in [0.29, 0.717) is 5.92 Å². The van der Waals surface area contributed by atoms with Gasteiger partial charge in [0, 0.05) is 19.0 Å². The monoisotopic (exact) mass is 321 g/mol. The van der Waals surface area contributed by atoms with Gasteiger partial charge in [0.2, 0.25) is 0 Å². The summed E-state index contributed by atoms with van der Waals surface area (Å²) in [4.78, 5) is 10.8. The first-order valence-electron chi connectivity index (χ1n) is 8.73. The van der Waals surface area contributed by atoms with Crippen LogP contribution < -0.4 is 4.74 Å². The van der Waals surface area contributed by atoms with E-state index >= 15 is 0 Å². The Morgan fingerprint density at radius 1 is 1.08 bits per heavy atom. The summed E-state index contributed by atoms with van der Waals surface area (Å²) < 4.78 is 5.83. The van der Waals surface area contributed by atoms with Crippen LogP contribution in [0.4, 0.5) is 0 Å². The second kappa shape index (κ2) is 7.05. The highest BCUT2D eigenvalue weighted by Gasteiger charge is 2.23. The van der Waals surface area contributed by atoms with Crippen LogP contribution >= 0.6 is 0 Å². The molecule has 4 nitrogen and oxygen atoms in total. The number of piperidine rings is 1. The Labute approximate surface area is 142 Å². The molecule has 1 unspecified atom stereocenters. The standard InChI is InChI=1S/C20H23N3O/c1-2-8-17(9-3-1)24-14-13-23-12-6-7-16(15-23)20-21-18-10-4-5-11-19(18)22-20/h1-5,8-11,16H,6-7,12-15H2,(H,21,22). The van der Waals surface area contributed by atoms with Gasteiger partial charge in [0.25, 0.3) is 0 Å². The number of rotatable bonds is 5. The van der Waals surface area contributed by atoms with E-state index in [2.05, 4.69) is 28.1 Å². The maximum Gasteiger partial charge on any atom is 0.119 e. The highest BCUT2D eigenvalue weighted by atomic mass is 16.5. The molecular formula is C20H23N3O. The summed E-state index contributed by atoms with van der Waals surface area (Å²) in [6.45, 7) is 3.90. The minimum absolute atomic E-state index is 0.489. The molecule has 1 aliphatic rings. The second-order valence-corrected chi connectivity index (χ2v) is 6.44. The fourth-order valence-corrected chi connectivity index (χ4v) is 3.46. The van der Waals surface area contributed by atoms with Gasteiger partial charge in [-0.2, -0.15) is 0 Å². The third kappa shape index (κ3) is 3.44. The fourth-order valence-electron chi connectivity index (χ4n) is 3.46. The lowest BCUT2D eigenvalue weighted by Gasteiger charge is -2.31. The van der Waals surface area contributed by atoms with Crippen LogP contribution in [0.3, 0.4) is 0 Å². The number of likely N-dealkylation sites (tertiary alicyclic amines) is 1. The zero-order valence-electron chi connectivity index (χ0n) is 13.8. The molecule has 1 aliphatic heterocycles. The third-order valence-electron chi connectivity index (χ3n) is 4.72. The maximum atomic E-state index is 5.83. The van der Waals surface area contributed by atoms with Crippen molar-refractivity contribution in [2.45, 2.75) is 18.8 Å². The highest BCUT2D eigenvalue weighted by Crippen LogP contribution is 2.26. The van der Waals surface area contributed by atoms with Gasteiger partial charge in [-0.15, -0.1) is 0 Å². The second-order valence-electron chi connectivity index (χ2n) is 6.44. The first kappa shape index (κ1) is 15.2. The minimum Gasteiger partial charge on any atom is -0.492 e. The van der Waals surface area contributed by atoms with Gasteiger partial charge in [-0.25, -0.2) is 4.98 Å². The lowest BCUT2D eigenvalue weighted by molar-refractivity contribution is 0.168. The lowest BCUT2D eigenvalue weighted by Crippen LogP contribution is -2.37. The average molecular weight is 321 g/mol. The Morgan fingerprint density at radius 2 is 1.92 bits per heavy atom. The highest BCUT2D eigenvalue weighted by molar-refractivity contribution is 5.74. The topological polar surface area (TPSA) is 41.1 Å². The number of nitrogens with one attached hydrogen (secondary N) is 1. The number of fused-ring (bicyclic) bond motifs is 1. The van der Waals surface area contributed by atoms with E-state index in [9.17, 15) is 0 Å². The van der Waals surface area contributed by atoms with Crippen LogP contribution in [0.25, 0.3) is 11.0 Å². The number of ether oxygens (including phenoxy) is 1. The molecule has 0 bridgehead atoms. The smallest absolute Gasteiger partial charge is 0.119 e. The summed E-state index contributed by atoms with van der Waals surface area (Å²) in [5.41, 5.74) is 2.20. The van der Waals surface area contributed by atoms with Crippen molar-refractivity contribution in [3.8, 4) is 5.75 Å². The predicted molar refractivity (Wildman–Crippen MR) is 96.4 cm³/mol. The van der Waals surface area contributed by atoms with Gasteiger partial charge in [-0.3, -0.25) is 4.90 Å². The molecule has 0 saturated carbocycles. The van der Waals surface area contributed by atoms with Crippen molar-refractivity contribution in [1.29, 1.82) is 0 Å². The maximum absolute atomic E-state index is 5.83. The Hall–Kier alpha value is -2.33. The van der Waals surface area contributed by atoms with Crippen molar-refractivity contribution < 1.29 is 4.74 Å². The molecule has 2 aromatic carbocycles. The molecular weight excluding hydrogens is 298 g/mol. The molecule has 1 saturated heterocycles. The molecule has 1 aromatic heterocycles. The van der Waals surface area contributed by atoms with E-state index in [4.69, 9.17) is 9.72 Å². The summed E-state index contributed by atoms with van der Waals surface area (Å²) >= 11 is 0. The number of H-pyrrole nitrogens is 1. The van der Waals surface area contributed by atoms with Crippen molar-refractivity contribution in [3.05, 3.63) is 60.4 Å². The normalized spacial score (nSPS) is 18.8. The molecule has 124 valence electrons. The Bertz CT molecular complexity index is 751. The number of aromatic nitrogens is 2. The minimum atomic E-state index is 0.489. The summed E-state index contributed by atoms with van der Waals surface area (Å²) in [5, 5.41) is 0. The molecule has 4 rings (SSSR count). The number of hydrogen-bond acceptors (Lipinski definition) is 3. The first-order chi connectivity index (χ1) is 11.9. The molecule has 1 atom stereocenters. The van der Waals surface area contributed by atoms with Crippen LogP contribution in [0.1, 0.15) is 24.6 Å². The quantitative estimate of drug-likeness (QED) is 0.776. The summed E-state index contributed by atoms with van der Waals surface area (Å²) in [5.74, 6) is 2.57. The van der Waals surface area contributed by atoms with Crippen LogP contribution in [0.5, 0.6) is 5.75 Å². The Morgan fingerprint density at radius 3 is 2.79 bits per heavy atom. The number of para-hydroxylation sites is 3. The molecule has 1 fully saturated rings. The van der Waals surface area contributed by atoms with E-state index in [0.717, 1.165) is 48.8 Å². The van der Waals surface area contributed by atoms with Gasteiger partial charge in [-0.1, -0.05) is 30.3 Å². The molecule has 1 N–H and O–H groups in total. The van der Waals surface area contributed by atoms with Gasteiger partial charge >= 0.3 is 0 Å². The summed E-state index contributed by atoms with van der Waals surface area (Å²) in [7, 11) is 0. The summed E-state index contributed by atoms with van der Waals surface area (Å²) in [6.07, 6.45) is 2.42. The van der Waals surface area contributed by atoms with Crippen LogP contribution in [0.15, 0.2) is 54.6 Å². The average Bonchev–Trinajstić information content (AvgIpc) is 3.07. The number of hydrogen-bond donors (Lipinski definition) is 1. The van der Waals surface area contributed by atoms with Crippen molar-refractivity contribution >= 4 is 11.0 Å². The SMILES string of the molecule is c1ccc(OCCN2CCCC(c3nc4ccccc4[nH]3)C2)cc1. The molecule has 0 spiro atoms. The van der Waals surface area contributed by atoms with Crippen molar-refractivity contribution in [1.82, 2.24) is 14.9 Å². The van der Waals surface area contributed by atoms with E-state index in [1.807, 2.05) is 36.4 Å². The van der Waals surface area contributed by atoms with E-state index in [-0.39, 0.29) is 0 Å². The van der Waals surface area contributed by atoms with Crippen LogP contribution in [0, 0.1) is 0 Å². The molecule has 4 heteroatoms. The summed E-state index contributed by atoms with van der Waals surface area (Å²) in [6, 6.07) is 18.3. The predicted octanol–water partition coefficient (Wildman–Crippen LogP) is 3.82. The third-order valence-corrected chi connectivity index (χ3v) is 4.72. The molecule has 2 heterocycles. The van der Waals surface area contributed by atoms with Gasteiger partial charge in [0.1, 0.15) is 18.2 Å². The molecule has 0 aliphatic carbocycles. The van der Waals surface area contributed by atoms with Gasteiger partial charge in [0.15, 0.2) is 0 Å². The molecule has 24 heavy (non-hydrogen) atoms. The molecule has 0 amide bonds. The zero-order chi connectivity index (χ0) is 16.2. The first-order valence-corrected chi connectivity index (χ1v) is 8.73. The van der Waals surface area contributed by atoms with Crippen LogP contribution in [0.2, 0.25) is 0 Å². The van der Waals surface area contributed by atoms with Crippen molar-refractivity contribution in [2.75, 3.05) is 26.2 Å². The zero-order valence-corrected chi connectivity index (χ0v) is 13.8.